The van der Waals surface area contributed by atoms with Crippen LogP contribution in [0, 0.1) is 6.54 Å². The standard InChI is InChI=1S/C6H10N3O2/c7-5(6(10)11)1-4-2-8-3-9-4/h2-5H,1,7H2,(H,8,9)(H,10,11)/t4?,5-/m0/s1. The van der Waals surface area contributed by atoms with Crippen molar-refractivity contribution in [1.29, 1.82) is 0 Å². The van der Waals surface area contributed by atoms with Crippen molar-refractivity contribution in [3.05, 3.63) is 6.54 Å². The molecule has 0 aromatic carbocycles. The lowest BCUT2D eigenvalue weighted by Crippen LogP contribution is -2.37. The fourth-order valence-electron chi connectivity index (χ4n) is 0.832. The predicted molar refractivity (Wildman–Crippen MR) is 39.9 cm³/mol. The first-order chi connectivity index (χ1) is 5.20. The van der Waals surface area contributed by atoms with Crippen LogP contribution in [0.1, 0.15) is 6.42 Å². The molecule has 5 heteroatoms. The highest BCUT2D eigenvalue weighted by Gasteiger charge is 2.19. The third-order valence-electron chi connectivity index (χ3n) is 1.45. The molecule has 0 bridgehead atoms. The van der Waals surface area contributed by atoms with Crippen molar-refractivity contribution in [2.45, 2.75) is 18.5 Å². The highest BCUT2D eigenvalue weighted by molar-refractivity contribution is 5.73. The summed E-state index contributed by atoms with van der Waals surface area (Å²) in [6.45, 7) is 1.64. The van der Waals surface area contributed by atoms with E-state index in [4.69, 9.17) is 10.8 Å². The topological polar surface area (TPSA) is 87.7 Å². The van der Waals surface area contributed by atoms with Crippen molar-refractivity contribution in [2.24, 2.45) is 10.7 Å². The van der Waals surface area contributed by atoms with E-state index in [0.29, 0.717) is 6.42 Å². The molecule has 2 atom stereocenters. The van der Waals surface area contributed by atoms with Crippen LogP contribution in [0.5, 0.6) is 0 Å². The number of aliphatic carboxylic acids is 1. The molecule has 1 heterocycles. The van der Waals surface area contributed by atoms with Crippen LogP contribution < -0.4 is 11.1 Å². The van der Waals surface area contributed by atoms with Crippen molar-refractivity contribution in [2.75, 3.05) is 0 Å². The molecule has 4 N–H and O–H groups in total. The zero-order valence-electron chi connectivity index (χ0n) is 5.90. The SMILES string of the molecule is N[C@@H](CC1[CH]N=CN1)C(=O)O. The third-order valence-corrected chi connectivity index (χ3v) is 1.45. The van der Waals surface area contributed by atoms with Crippen molar-refractivity contribution in [1.82, 2.24) is 5.32 Å². The number of hydrogen-bond donors (Lipinski definition) is 3. The highest BCUT2D eigenvalue weighted by Crippen LogP contribution is 2.03. The number of carboxylic acids is 1. The normalized spacial score (nSPS) is 24.6. The van der Waals surface area contributed by atoms with Gasteiger partial charge in [-0.2, -0.15) is 0 Å². The summed E-state index contributed by atoms with van der Waals surface area (Å²) >= 11 is 0. The number of rotatable bonds is 3. The summed E-state index contributed by atoms with van der Waals surface area (Å²) in [6, 6.07) is -0.841. The molecule has 1 aliphatic heterocycles. The van der Waals surface area contributed by atoms with E-state index in [-0.39, 0.29) is 6.04 Å². The first kappa shape index (κ1) is 8.00. The average molecular weight is 156 g/mol. The second kappa shape index (κ2) is 3.34. The molecule has 0 aromatic heterocycles. The van der Waals surface area contributed by atoms with Gasteiger partial charge in [-0.3, -0.25) is 9.79 Å². The monoisotopic (exact) mass is 156 g/mol. The summed E-state index contributed by atoms with van der Waals surface area (Å²) in [6.07, 6.45) is 1.90. The maximum Gasteiger partial charge on any atom is 0.320 e. The van der Waals surface area contributed by atoms with Gasteiger partial charge in [0.05, 0.1) is 18.9 Å². The van der Waals surface area contributed by atoms with Gasteiger partial charge in [-0.25, -0.2) is 0 Å². The Hall–Kier alpha value is -1.10. The van der Waals surface area contributed by atoms with E-state index < -0.39 is 12.0 Å². The molecule has 1 aliphatic rings. The summed E-state index contributed by atoms with van der Waals surface area (Å²) in [4.78, 5) is 14.0. The molecule has 61 valence electrons. The summed E-state index contributed by atoms with van der Waals surface area (Å²) in [5.74, 6) is -0.980. The van der Waals surface area contributed by atoms with Gasteiger partial charge in [0.25, 0.3) is 0 Å². The predicted octanol–water partition coefficient (Wildman–Crippen LogP) is -1.05. The zero-order valence-corrected chi connectivity index (χ0v) is 5.90. The quantitative estimate of drug-likeness (QED) is 0.486. The Morgan fingerprint density at radius 2 is 2.64 bits per heavy atom. The molecule has 5 nitrogen and oxygen atoms in total. The summed E-state index contributed by atoms with van der Waals surface area (Å²) < 4.78 is 0. The molecular weight excluding hydrogens is 146 g/mol. The second-order valence-electron chi connectivity index (χ2n) is 2.38. The third kappa shape index (κ3) is 2.19. The molecule has 0 spiro atoms. The van der Waals surface area contributed by atoms with Crippen LogP contribution >= 0.6 is 0 Å². The van der Waals surface area contributed by atoms with Gasteiger partial charge in [-0.1, -0.05) is 0 Å². The number of nitrogens with two attached hydrogens (primary N) is 1. The van der Waals surface area contributed by atoms with Crippen molar-refractivity contribution >= 4 is 12.3 Å². The molecule has 0 saturated heterocycles. The van der Waals surface area contributed by atoms with Gasteiger partial charge in [0, 0.05) is 0 Å². The van der Waals surface area contributed by atoms with Gasteiger partial charge in [-0.05, 0) is 6.42 Å². The number of hydrogen-bond acceptors (Lipinski definition) is 4. The number of nitrogens with zero attached hydrogens (tertiary/aromatic N) is 1. The first-order valence-corrected chi connectivity index (χ1v) is 3.29. The van der Waals surface area contributed by atoms with Gasteiger partial charge < -0.3 is 16.2 Å². The molecule has 0 aliphatic carbocycles. The average Bonchev–Trinajstić information content (AvgIpc) is 2.39. The molecule has 0 amide bonds. The molecule has 1 radical (unpaired) electrons. The molecule has 0 aromatic rings. The van der Waals surface area contributed by atoms with Gasteiger partial charge in [0.2, 0.25) is 0 Å². The summed E-state index contributed by atoms with van der Waals surface area (Å²) in [7, 11) is 0. The van der Waals surface area contributed by atoms with E-state index in [1.807, 2.05) is 0 Å². The van der Waals surface area contributed by atoms with Crippen molar-refractivity contribution < 1.29 is 9.90 Å². The van der Waals surface area contributed by atoms with E-state index in [2.05, 4.69) is 10.3 Å². The molecule has 0 saturated carbocycles. The van der Waals surface area contributed by atoms with E-state index in [0.717, 1.165) is 0 Å². The largest absolute Gasteiger partial charge is 0.480 e. The second-order valence-corrected chi connectivity index (χ2v) is 2.38. The molecule has 11 heavy (non-hydrogen) atoms. The van der Waals surface area contributed by atoms with Crippen molar-refractivity contribution in [3.63, 3.8) is 0 Å². The van der Waals surface area contributed by atoms with Crippen LogP contribution in [-0.2, 0) is 4.79 Å². The Labute approximate surface area is 64.3 Å². The highest BCUT2D eigenvalue weighted by atomic mass is 16.4. The first-order valence-electron chi connectivity index (χ1n) is 3.29. The Morgan fingerprint density at radius 3 is 3.09 bits per heavy atom. The fraction of sp³-hybridized carbons (Fsp3) is 0.500. The van der Waals surface area contributed by atoms with Crippen molar-refractivity contribution in [3.8, 4) is 0 Å². The minimum Gasteiger partial charge on any atom is -0.480 e. The number of carbonyl (C=O) groups is 1. The lowest BCUT2D eigenvalue weighted by atomic mass is 10.1. The van der Waals surface area contributed by atoms with Crippen LogP contribution in [-0.4, -0.2) is 29.5 Å². The summed E-state index contributed by atoms with van der Waals surface area (Å²) in [5, 5.41) is 11.3. The fourth-order valence-corrected chi connectivity index (χ4v) is 0.832. The van der Waals surface area contributed by atoms with Gasteiger partial charge in [0.1, 0.15) is 6.04 Å². The molecule has 0 fully saturated rings. The number of aliphatic imine (C=N–C) groups is 1. The Balaban J connectivity index is 2.25. The van der Waals surface area contributed by atoms with Crippen LogP contribution in [0.3, 0.4) is 0 Å². The Bertz CT molecular complexity index is 173. The van der Waals surface area contributed by atoms with Crippen LogP contribution in [0.4, 0.5) is 0 Å². The van der Waals surface area contributed by atoms with Crippen LogP contribution in [0.2, 0.25) is 0 Å². The summed E-state index contributed by atoms with van der Waals surface area (Å²) in [5.41, 5.74) is 5.28. The Kier molecular flexibility index (Phi) is 2.43. The van der Waals surface area contributed by atoms with E-state index in [1.54, 1.807) is 6.54 Å². The molecule has 1 unspecified atom stereocenters. The minimum absolute atomic E-state index is 0.0268. The lowest BCUT2D eigenvalue weighted by Gasteiger charge is -2.11. The van der Waals surface area contributed by atoms with Crippen LogP contribution in [0.25, 0.3) is 0 Å². The van der Waals surface area contributed by atoms with Gasteiger partial charge in [0.15, 0.2) is 0 Å². The van der Waals surface area contributed by atoms with Gasteiger partial charge in [-0.15, -0.1) is 0 Å². The maximum atomic E-state index is 10.3. The zero-order chi connectivity index (χ0) is 8.27. The van der Waals surface area contributed by atoms with Gasteiger partial charge >= 0.3 is 5.97 Å². The lowest BCUT2D eigenvalue weighted by molar-refractivity contribution is -0.138. The number of nitrogens with one attached hydrogen (secondary N) is 1. The number of carboxylic acid groups (broad SMARTS) is 1. The molecular formula is C6H10N3O2. The van der Waals surface area contributed by atoms with E-state index in [1.165, 1.54) is 6.34 Å². The Morgan fingerprint density at radius 1 is 1.91 bits per heavy atom. The smallest absolute Gasteiger partial charge is 0.320 e. The minimum atomic E-state index is -0.980. The van der Waals surface area contributed by atoms with E-state index >= 15 is 0 Å². The molecule has 1 rings (SSSR count). The van der Waals surface area contributed by atoms with E-state index in [9.17, 15) is 4.79 Å². The van der Waals surface area contributed by atoms with Crippen LogP contribution in [0.15, 0.2) is 4.99 Å². The maximum absolute atomic E-state index is 10.3.